The maximum Gasteiger partial charge on any atom is 0.191 e. The second-order valence-corrected chi connectivity index (χ2v) is 10.0. The molecule has 0 radical (unpaired) electrons. The van der Waals surface area contributed by atoms with Crippen molar-refractivity contribution in [2.24, 2.45) is 4.99 Å². The number of hydrogen-bond donors (Lipinski definition) is 2. The third-order valence-corrected chi connectivity index (χ3v) is 7.52. The molecule has 1 heterocycles. The van der Waals surface area contributed by atoms with E-state index in [1.165, 1.54) is 6.26 Å². The van der Waals surface area contributed by atoms with Crippen molar-refractivity contribution in [3.63, 3.8) is 0 Å². The normalized spacial score (nSPS) is 18.8. The van der Waals surface area contributed by atoms with Crippen molar-refractivity contribution in [1.82, 2.24) is 10.6 Å². The molecule has 2 rings (SSSR count). The van der Waals surface area contributed by atoms with E-state index in [0.717, 1.165) is 5.56 Å². The fourth-order valence-electron chi connectivity index (χ4n) is 3.07. The molecule has 1 aliphatic rings. The lowest BCUT2D eigenvalue weighted by molar-refractivity contribution is 0.0768. The van der Waals surface area contributed by atoms with Crippen molar-refractivity contribution in [1.29, 1.82) is 0 Å². The van der Waals surface area contributed by atoms with Gasteiger partial charge in [-0.25, -0.2) is 8.42 Å². The summed E-state index contributed by atoms with van der Waals surface area (Å²) >= 11 is 12.3. The fourth-order valence-corrected chi connectivity index (χ4v) is 4.85. The predicted octanol–water partition coefficient (Wildman–Crippen LogP) is 3.20. The zero-order valence-electron chi connectivity index (χ0n) is 15.9. The summed E-state index contributed by atoms with van der Waals surface area (Å²) in [7, 11) is -3.27. The summed E-state index contributed by atoms with van der Waals surface area (Å²) in [5, 5.41) is 7.59. The summed E-state index contributed by atoms with van der Waals surface area (Å²) in [5.41, 5.74) is 0.885. The van der Waals surface area contributed by atoms with Crippen LogP contribution in [0.15, 0.2) is 23.2 Å². The third kappa shape index (κ3) is 5.73. The molecule has 9 heteroatoms. The lowest BCUT2D eigenvalue weighted by atomic mass is 9.99. The molecule has 1 aromatic rings. The number of benzene rings is 1. The quantitative estimate of drug-likeness (QED) is 0.529. The van der Waals surface area contributed by atoms with Gasteiger partial charge in [0.25, 0.3) is 0 Å². The predicted molar refractivity (Wildman–Crippen MR) is 112 cm³/mol. The van der Waals surface area contributed by atoms with Gasteiger partial charge in [-0.3, -0.25) is 4.99 Å². The molecule has 1 atom stereocenters. The maximum absolute atomic E-state index is 12.4. The Bertz CT molecular complexity index is 778. The summed E-state index contributed by atoms with van der Waals surface area (Å²) in [6, 6.07) is 5.21. The fraction of sp³-hybridized carbons (Fsp3) is 0.611. The average molecular weight is 436 g/mol. The highest BCUT2D eigenvalue weighted by molar-refractivity contribution is 7.92. The number of nitrogens with zero attached hydrogens (tertiary/aromatic N) is 1. The van der Waals surface area contributed by atoms with Crippen LogP contribution >= 0.6 is 23.2 Å². The first-order valence-corrected chi connectivity index (χ1v) is 11.6. The van der Waals surface area contributed by atoms with Gasteiger partial charge in [-0.05, 0) is 44.4 Å². The lowest BCUT2D eigenvalue weighted by Gasteiger charge is -2.34. The van der Waals surface area contributed by atoms with Gasteiger partial charge < -0.3 is 15.4 Å². The number of ether oxygens (including phenoxy) is 1. The summed E-state index contributed by atoms with van der Waals surface area (Å²) in [6.07, 6.45) is 2.19. The van der Waals surface area contributed by atoms with Gasteiger partial charge in [0.05, 0.1) is 17.3 Å². The molecule has 1 aliphatic heterocycles. The maximum atomic E-state index is 12.4. The SMILES string of the molecule is CCNC(=NCC1(S(C)(=O)=O)CCOCC1)NC(C)c1ccc(Cl)cc1Cl. The molecule has 152 valence electrons. The van der Waals surface area contributed by atoms with Crippen molar-refractivity contribution >= 4 is 39.0 Å². The molecule has 1 fully saturated rings. The van der Waals surface area contributed by atoms with Crippen molar-refractivity contribution < 1.29 is 13.2 Å². The van der Waals surface area contributed by atoms with Crippen molar-refractivity contribution in [3.8, 4) is 0 Å². The standard InChI is InChI=1S/C18H27Cl2N3O3S/c1-4-21-17(23-13(2)15-6-5-14(19)11-16(15)20)22-12-18(27(3,24)25)7-9-26-10-8-18/h5-6,11,13H,4,7-10,12H2,1-3H3,(H2,21,22,23). The van der Waals surface area contributed by atoms with Gasteiger partial charge >= 0.3 is 0 Å². The van der Waals surface area contributed by atoms with Crippen LogP contribution in [0.25, 0.3) is 0 Å². The van der Waals surface area contributed by atoms with E-state index in [0.29, 0.717) is 48.6 Å². The minimum absolute atomic E-state index is 0.128. The number of halogens is 2. The molecule has 0 amide bonds. The van der Waals surface area contributed by atoms with Gasteiger partial charge in [-0.2, -0.15) is 0 Å². The smallest absolute Gasteiger partial charge is 0.191 e. The topological polar surface area (TPSA) is 79.8 Å². The van der Waals surface area contributed by atoms with E-state index in [2.05, 4.69) is 15.6 Å². The average Bonchev–Trinajstić information content (AvgIpc) is 2.59. The molecular formula is C18H27Cl2N3O3S. The number of sulfone groups is 1. The van der Waals surface area contributed by atoms with E-state index in [4.69, 9.17) is 27.9 Å². The van der Waals surface area contributed by atoms with Gasteiger partial charge in [0.1, 0.15) is 0 Å². The molecule has 1 unspecified atom stereocenters. The summed E-state index contributed by atoms with van der Waals surface area (Å²) in [6.45, 7) is 5.63. The zero-order valence-corrected chi connectivity index (χ0v) is 18.2. The van der Waals surface area contributed by atoms with E-state index in [1.807, 2.05) is 19.9 Å². The van der Waals surface area contributed by atoms with E-state index in [-0.39, 0.29) is 12.6 Å². The summed E-state index contributed by atoms with van der Waals surface area (Å²) in [5.74, 6) is 0.547. The first-order chi connectivity index (χ1) is 12.7. The van der Waals surface area contributed by atoms with Crippen LogP contribution < -0.4 is 10.6 Å². The van der Waals surface area contributed by atoms with Crippen LogP contribution in [0.2, 0.25) is 10.0 Å². The Labute approximate surface area is 171 Å². The molecule has 6 nitrogen and oxygen atoms in total. The van der Waals surface area contributed by atoms with E-state index in [9.17, 15) is 8.42 Å². The molecule has 27 heavy (non-hydrogen) atoms. The van der Waals surface area contributed by atoms with Crippen LogP contribution in [0.1, 0.15) is 38.3 Å². The second-order valence-electron chi connectivity index (χ2n) is 6.79. The highest BCUT2D eigenvalue weighted by atomic mass is 35.5. The molecule has 0 saturated carbocycles. The van der Waals surface area contributed by atoms with Gasteiger partial charge in [-0.15, -0.1) is 0 Å². The molecule has 0 bridgehead atoms. The minimum atomic E-state index is -3.27. The van der Waals surface area contributed by atoms with Crippen LogP contribution in [0.4, 0.5) is 0 Å². The first-order valence-electron chi connectivity index (χ1n) is 8.95. The lowest BCUT2D eigenvalue weighted by Crippen LogP contribution is -2.47. The molecule has 0 aromatic heterocycles. The monoisotopic (exact) mass is 435 g/mol. The van der Waals surface area contributed by atoms with Crippen molar-refractivity contribution in [3.05, 3.63) is 33.8 Å². The van der Waals surface area contributed by atoms with E-state index >= 15 is 0 Å². The van der Waals surface area contributed by atoms with Crippen molar-refractivity contribution in [2.75, 3.05) is 32.6 Å². The van der Waals surface area contributed by atoms with Gasteiger partial charge in [0, 0.05) is 36.1 Å². The molecule has 0 spiro atoms. The molecule has 1 aromatic carbocycles. The largest absolute Gasteiger partial charge is 0.381 e. The highest BCUT2D eigenvalue weighted by Gasteiger charge is 2.42. The first kappa shape index (κ1) is 22.3. The van der Waals surface area contributed by atoms with Crippen LogP contribution in [0.3, 0.4) is 0 Å². The molecule has 2 N–H and O–H groups in total. The number of aliphatic imine (C=N–C) groups is 1. The molecule has 0 aliphatic carbocycles. The molecular weight excluding hydrogens is 409 g/mol. The third-order valence-electron chi connectivity index (χ3n) is 4.84. The Kier molecular flexibility index (Phi) is 7.80. The number of nitrogens with one attached hydrogen (secondary N) is 2. The summed E-state index contributed by atoms with van der Waals surface area (Å²) in [4.78, 5) is 4.58. The van der Waals surface area contributed by atoms with Gasteiger partial charge in [0.2, 0.25) is 0 Å². The van der Waals surface area contributed by atoms with E-state index < -0.39 is 14.6 Å². The van der Waals surface area contributed by atoms with Gasteiger partial charge in [-0.1, -0.05) is 29.3 Å². The van der Waals surface area contributed by atoms with Crippen molar-refractivity contribution in [2.45, 2.75) is 37.5 Å². The number of guanidine groups is 1. The highest BCUT2D eigenvalue weighted by Crippen LogP contribution is 2.30. The Morgan fingerprint density at radius 1 is 1.33 bits per heavy atom. The Hall–Kier alpha value is -1.02. The minimum Gasteiger partial charge on any atom is -0.381 e. The summed E-state index contributed by atoms with van der Waals surface area (Å²) < 4.78 is 29.3. The number of hydrogen-bond acceptors (Lipinski definition) is 4. The Morgan fingerprint density at radius 3 is 2.56 bits per heavy atom. The Morgan fingerprint density at radius 2 is 2.00 bits per heavy atom. The van der Waals surface area contributed by atoms with E-state index in [1.54, 1.807) is 12.1 Å². The zero-order chi connectivity index (χ0) is 20.1. The molecule has 1 saturated heterocycles. The Balaban J connectivity index is 2.20. The second kappa shape index (κ2) is 9.45. The van der Waals surface area contributed by atoms with Crippen LogP contribution in [-0.4, -0.2) is 51.7 Å². The van der Waals surface area contributed by atoms with Crippen LogP contribution in [-0.2, 0) is 14.6 Å². The van der Waals surface area contributed by atoms with Crippen LogP contribution in [0.5, 0.6) is 0 Å². The van der Waals surface area contributed by atoms with Gasteiger partial charge in [0.15, 0.2) is 15.8 Å². The van der Waals surface area contributed by atoms with Crippen LogP contribution in [0, 0.1) is 0 Å². The number of rotatable bonds is 6.